The number of carbonyl (C=O) groups is 2. The smallest absolute Gasteiger partial charge is 0.337 e. The fraction of sp³-hybridized carbons (Fsp3) is 0.231. The quantitative estimate of drug-likeness (QED) is 0.475. The number of nitrogens with one attached hydrogen (secondary N) is 2. The third-order valence-electron chi connectivity index (χ3n) is 3.01. The van der Waals surface area contributed by atoms with Crippen LogP contribution in [0.25, 0.3) is 0 Å². The summed E-state index contributed by atoms with van der Waals surface area (Å²) in [6, 6.07) is 2.84. The molecule has 1 aliphatic rings. The van der Waals surface area contributed by atoms with E-state index in [9.17, 15) is 19.8 Å². The zero-order valence-electron chi connectivity index (χ0n) is 10.9. The highest BCUT2D eigenvalue weighted by molar-refractivity contribution is 5.94. The molecule has 1 atom stereocenters. The predicted octanol–water partition coefficient (Wildman–Crippen LogP) is 0.899. The molecule has 0 fully saturated rings. The lowest BCUT2D eigenvalue weighted by atomic mass is 9.95. The molecule has 4 N–H and O–H groups in total. The summed E-state index contributed by atoms with van der Waals surface area (Å²) < 4.78 is 4.70. The van der Waals surface area contributed by atoms with Gasteiger partial charge in [-0.05, 0) is 24.6 Å². The molecule has 1 aromatic carbocycles. The molecule has 0 saturated carbocycles. The van der Waals surface area contributed by atoms with Gasteiger partial charge in [0.1, 0.15) is 0 Å². The number of hydrogen-bond donors (Lipinski definition) is 4. The average molecular weight is 278 g/mol. The summed E-state index contributed by atoms with van der Waals surface area (Å²) in [5.74, 6) is -1.21. The Bertz CT molecular complexity index is 609. The van der Waals surface area contributed by atoms with Crippen LogP contribution < -0.4 is 10.6 Å². The van der Waals surface area contributed by atoms with Crippen LogP contribution in [0.5, 0.6) is 11.5 Å². The van der Waals surface area contributed by atoms with Crippen LogP contribution in [0.15, 0.2) is 29.5 Å². The normalized spacial score (nSPS) is 18.3. The first kappa shape index (κ1) is 13.7. The Balaban J connectivity index is 2.50. The Morgan fingerprint density at radius 1 is 1.30 bits per heavy atom. The first-order chi connectivity index (χ1) is 9.43. The maximum Gasteiger partial charge on any atom is 0.337 e. The van der Waals surface area contributed by atoms with Crippen molar-refractivity contribution in [1.29, 1.82) is 0 Å². The highest BCUT2D eigenvalue weighted by atomic mass is 16.5. The highest BCUT2D eigenvalue weighted by Crippen LogP contribution is 2.32. The molecule has 2 rings (SSSR count). The van der Waals surface area contributed by atoms with Gasteiger partial charge in [-0.1, -0.05) is 6.07 Å². The van der Waals surface area contributed by atoms with Crippen LogP contribution in [0.2, 0.25) is 0 Å². The van der Waals surface area contributed by atoms with Crippen LogP contribution in [0, 0.1) is 0 Å². The molecule has 1 aliphatic heterocycles. The molecular weight excluding hydrogens is 264 g/mol. The van der Waals surface area contributed by atoms with Crippen molar-refractivity contribution < 1.29 is 24.5 Å². The topological polar surface area (TPSA) is 108 Å². The molecule has 0 radical (unpaired) electrons. The molecular formula is C13H14N2O5. The van der Waals surface area contributed by atoms with Crippen LogP contribution >= 0.6 is 0 Å². The Morgan fingerprint density at radius 2 is 2.00 bits per heavy atom. The largest absolute Gasteiger partial charge is 0.504 e. The van der Waals surface area contributed by atoms with Crippen molar-refractivity contribution in [3.8, 4) is 11.5 Å². The maximum absolute atomic E-state index is 11.8. The fourth-order valence-electron chi connectivity index (χ4n) is 2.04. The highest BCUT2D eigenvalue weighted by Gasteiger charge is 2.32. The first-order valence-corrected chi connectivity index (χ1v) is 5.82. The van der Waals surface area contributed by atoms with E-state index in [1.54, 1.807) is 6.92 Å². The minimum atomic E-state index is -0.761. The number of esters is 1. The lowest BCUT2D eigenvalue weighted by Crippen LogP contribution is -2.45. The van der Waals surface area contributed by atoms with Crippen molar-refractivity contribution in [3.05, 3.63) is 35.0 Å². The molecule has 1 unspecified atom stereocenters. The van der Waals surface area contributed by atoms with Crippen molar-refractivity contribution in [3.63, 3.8) is 0 Å². The second-order valence-electron chi connectivity index (χ2n) is 4.31. The van der Waals surface area contributed by atoms with E-state index in [1.807, 2.05) is 0 Å². The minimum absolute atomic E-state index is 0.234. The molecule has 20 heavy (non-hydrogen) atoms. The molecule has 0 aliphatic carbocycles. The number of urea groups is 1. The van der Waals surface area contributed by atoms with Gasteiger partial charge in [-0.15, -0.1) is 0 Å². The van der Waals surface area contributed by atoms with E-state index in [4.69, 9.17) is 4.74 Å². The average Bonchev–Trinajstić information content (AvgIpc) is 2.40. The second-order valence-corrected chi connectivity index (χ2v) is 4.31. The Kier molecular flexibility index (Phi) is 3.51. The first-order valence-electron chi connectivity index (χ1n) is 5.82. The summed E-state index contributed by atoms with van der Waals surface area (Å²) in [7, 11) is 1.24. The van der Waals surface area contributed by atoms with Crippen LogP contribution in [0.4, 0.5) is 4.79 Å². The van der Waals surface area contributed by atoms with E-state index in [0.717, 1.165) is 0 Å². The lowest BCUT2D eigenvalue weighted by molar-refractivity contribution is -0.136. The summed E-state index contributed by atoms with van der Waals surface area (Å²) in [5, 5.41) is 23.9. The summed E-state index contributed by atoms with van der Waals surface area (Å²) >= 11 is 0. The SMILES string of the molecule is COC(=O)C1=C(C)NC(=O)NC1c1ccc(O)c(O)c1. The molecule has 7 heteroatoms. The fourth-order valence-corrected chi connectivity index (χ4v) is 2.04. The Labute approximate surface area is 114 Å². The van der Waals surface area contributed by atoms with Gasteiger partial charge in [0.15, 0.2) is 11.5 Å². The van der Waals surface area contributed by atoms with E-state index < -0.39 is 18.0 Å². The van der Waals surface area contributed by atoms with Gasteiger partial charge in [0.05, 0.1) is 18.7 Å². The Hall–Kier alpha value is -2.70. The van der Waals surface area contributed by atoms with Gasteiger partial charge in [-0.2, -0.15) is 0 Å². The minimum Gasteiger partial charge on any atom is -0.504 e. The second kappa shape index (κ2) is 5.12. The van der Waals surface area contributed by atoms with Gasteiger partial charge in [0.2, 0.25) is 0 Å². The zero-order chi connectivity index (χ0) is 14.9. The number of phenolic OH excluding ortho intramolecular Hbond substituents is 2. The van der Waals surface area contributed by atoms with E-state index >= 15 is 0 Å². The van der Waals surface area contributed by atoms with Crippen LogP contribution in [0.3, 0.4) is 0 Å². The number of hydrogen-bond acceptors (Lipinski definition) is 5. The van der Waals surface area contributed by atoms with Gasteiger partial charge in [-0.25, -0.2) is 9.59 Å². The van der Waals surface area contributed by atoms with E-state index in [1.165, 1.54) is 25.3 Å². The van der Waals surface area contributed by atoms with E-state index in [2.05, 4.69) is 10.6 Å². The van der Waals surface area contributed by atoms with Gasteiger partial charge >= 0.3 is 12.0 Å². The van der Waals surface area contributed by atoms with Gasteiger partial charge in [0.25, 0.3) is 0 Å². The van der Waals surface area contributed by atoms with Crippen molar-refractivity contribution in [2.75, 3.05) is 7.11 Å². The van der Waals surface area contributed by atoms with Crippen molar-refractivity contribution >= 4 is 12.0 Å². The molecule has 0 bridgehead atoms. The monoisotopic (exact) mass is 278 g/mol. The Morgan fingerprint density at radius 3 is 2.60 bits per heavy atom. The van der Waals surface area contributed by atoms with E-state index in [-0.39, 0.29) is 17.1 Å². The molecule has 1 aromatic rings. The molecule has 106 valence electrons. The number of amides is 2. The van der Waals surface area contributed by atoms with Crippen molar-refractivity contribution in [1.82, 2.24) is 10.6 Å². The number of rotatable bonds is 2. The number of phenols is 2. The van der Waals surface area contributed by atoms with E-state index in [0.29, 0.717) is 11.3 Å². The molecule has 1 heterocycles. The standard InChI is InChI=1S/C13H14N2O5/c1-6-10(12(18)20-2)11(15-13(19)14-6)7-3-4-8(16)9(17)5-7/h3-5,11,16-17H,1-2H3,(H2,14,15,19). The van der Waals surface area contributed by atoms with Gasteiger partial charge < -0.3 is 25.6 Å². The van der Waals surface area contributed by atoms with Crippen LogP contribution in [0.1, 0.15) is 18.5 Å². The third-order valence-corrected chi connectivity index (χ3v) is 3.01. The molecule has 0 saturated heterocycles. The van der Waals surface area contributed by atoms with Crippen molar-refractivity contribution in [2.45, 2.75) is 13.0 Å². The summed E-state index contributed by atoms with van der Waals surface area (Å²) in [6.07, 6.45) is 0. The number of allylic oxidation sites excluding steroid dienone is 1. The molecule has 0 aromatic heterocycles. The van der Waals surface area contributed by atoms with Gasteiger partial charge in [-0.3, -0.25) is 0 Å². The third kappa shape index (κ3) is 2.37. The van der Waals surface area contributed by atoms with Crippen LogP contribution in [-0.4, -0.2) is 29.3 Å². The maximum atomic E-state index is 11.8. The summed E-state index contributed by atoms with van der Waals surface area (Å²) in [4.78, 5) is 23.4. The van der Waals surface area contributed by atoms with Crippen molar-refractivity contribution in [2.24, 2.45) is 0 Å². The number of carbonyl (C=O) groups excluding carboxylic acids is 2. The molecule has 7 nitrogen and oxygen atoms in total. The van der Waals surface area contributed by atoms with Crippen LogP contribution in [-0.2, 0) is 9.53 Å². The predicted molar refractivity (Wildman–Crippen MR) is 68.9 cm³/mol. The number of benzene rings is 1. The van der Waals surface area contributed by atoms with Gasteiger partial charge in [0, 0.05) is 5.70 Å². The number of methoxy groups -OCH3 is 1. The molecule has 0 spiro atoms. The number of aromatic hydroxyl groups is 2. The zero-order valence-corrected chi connectivity index (χ0v) is 10.9. The lowest BCUT2D eigenvalue weighted by Gasteiger charge is -2.27. The summed E-state index contributed by atoms with van der Waals surface area (Å²) in [6.45, 7) is 1.58. The molecule has 2 amide bonds. The number of ether oxygens (including phenoxy) is 1. The summed E-state index contributed by atoms with van der Waals surface area (Å²) in [5.41, 5.74) is 1.06.